The molecule has 120 valence electrons. The molecule has 7 heteroatoms. The number of hydrogen-bond acceptors (Lipinski definition) is 6. The van der Waals surface area contributed by atoms with Gasteiger partial charge in [-0.25, -0.2) is 9.97 Å². The molecule has 3 rings (SSSR count). The van der Waals surface area contributed by atoms with Crippen LogP contribution in [0.2, 0.25) is 0 Å². The molecule has 7 nitrogen and oxygen atoms in total. The summed E-state index contributed by atoms with van der Waals surface area (Å²) in [5.74, 6) is -0.0141. The highest BCUT2D eigenvalue weighted by atomic mass is 15.3. The maximum absolute atomic E-state index is 9.57. The Morgan fingerprint density at radius 2 is 2.17 bits per heavy atom. The Balaban J connectivity index is 1.77. The molecule has 1 N–H and O–H groups in total. The lowest BCUT2D eigenvalue weighted by Crippen LogP contribution is -2.14. The van der Waals surface area contributed by atoms with Crippen molar-refractivity contribution in [2.24, 2.45) is 0 Å². The average molecular weight is 319 g/mol. The zero-order chi connectivity index (χ0) is 16.8. The normalized spacial score (nSPS) is 11.7. The molecule has 3 aromatic heterocycles. The van der Waals surface area contributed by atoms with E-state index in [-0.39, 0.29) is 0 Å². The van der Waals surface area contributed by atoms with Gasteiger partial charge >= 0.3 is 0 Å². The van der Waals surface area contributed by atoms with Crippen molar-refractivity contribution >= 4 is 5.95 Å². The molecule has 0 bridgehead atoms. The first kappa shape index (κ1) is 15.6. The summed E-state index contributed by atoms with van der Waals surface area (Å²) in [5, 5.41) is 16.9. The molecule has 0 amide bonds. The van der Waals surface area contributed by atoms with E-state index in [0.29, 0.717) is 30.4 Å². The zero-order valence-electron chi connectivity index (χ0n) is 13.3. The van der Waals surface area contributed by atoms with Crippen LogP contribution in [0.4, 0.5) is 5.95 Å². The maximum Gasteiger partial charge on any atom is 0.222 e. The van der Waals surface area contributed by atoms with E-state index < -0.39 is 5.92 Å². The highest BCUT2D eigenvalue weighted by Crippen LogP contribution is 2.23. The minimum Gasteiger partial charge on any atom is -0.352 e. The van der Waals surface area contributed by atoms with Crippen LogP contribution in [0.1, 0.15) is 22.9 Å². The van der Waals surface area contributed by atoms with Gasteiger partial charge in [0.25, 0.3) is 0 Å². The average Bonchev–Trinajstić information content (AvgIpc) is 3.12. The summed E-state index contributed by atoms with van der Waals surface area (Å²) in [6, 6.07) is 9.69. The van der Waals surface area contributed by atoms with Crippen molar-refractivity contribution in [3.8, 4) is 6.07 Å². The van der Waals surface area contributed by atoms with Crippen LogP contribution in [0.25, 0.3) is 0 Å². The molecule has 0 spiro atoms. The molecule has 3 heterocycles. The zero-order valence-corrected chi connectivity index (χ0v) is 13.3. The van der Waals surface area contributed by atoms with Crippen molar-refractivity contribution in [3.05, 3.63) is 66.0 Å². The van der Waals surface area contributed by atoms with Crippen LogP contribution in [-0.2, 0) is 6.54 Å². The van der Waals surface area contributed by atoms with E-state index in [4.69, 9.17) is 0 Å². The van der Waals surface area contributed by atoms with Crippen LogP contribution in [-0.4, -0.2) is 31.3 Å². The SMILES string of the molecule is Cc1cnc(NCCn2cccn2)nc1C(C#N)c1ccccn1. The fourth-order valence-corrected chi connectivity index (χ4v) is 2.36. The fraction of sp³-hybridized carbons (Fsp3) is 0.235. The summed E-state index contributed by atoms with van der Waals surface area (Å²) in [6.45, 7) is 3.25. The third kappa shape index (κ3) is 3.55. The van der Waals surface area contributed by atoms with E-state index in [1.54, 1.807) is 18.6 Å². The number of nitrogens with one attached hydrogen (secondary N) is 1. The summed E-state index contributed by atoms with van der Waals surface area (Å²) in [6.07, 6.45) is 7.05. The van der Waals surface area contributed by atoms with Crippen LogP contribution in [0.3, 0.4) is 0 Å². The number of nitrogens with zero attached hydrogens (tertiary/aromatic N) is 6. The first-order valence-electron chi connectivity index (χ1n) is 7.63. The summed E-state index contributed by atoms with van der Waals surface area (Å²) in [4.78, 5) is 13.1. The predicted molar refractivity (Wildman–Crippen MR) is 89.2 cm³/mol. The largest absolute Gasteiger partial charge is 0.352 e. The number of aryl methyl sites for hydroxylation is 1. The van der Waals surface area contributed by atoms with Gasteiger partial charge in [0.05, 0.1) is 24.0 Å². The third-order valence-corrected chi connectivity index (χ3v) is 3.58. The standard InChI is InChI=1S/C17H17N7/c1-13-12-21-17(20-8-10-24-9-4-7-22-24)23-16(13)14(11-18)15-5-2-3-6-19-15/h2-7,9,12,14H,8,10H2,1H3,(H,20,21,23). The summed E-state index contributed by atoms with van der Waals surface area (Å²) in [5.41, 5.74) is 2.22. The molecular weight excluding hydrogens is 302 g/mol. The quantitative estimate of drug-likeness (QED) is 0.748. The van der Waals surface area contributed by atoms with Gasteiger partial charge in [-0.1, -0.05) is 6.07 Å². The van der Waals surface area contributed by atoms with Gasteiger partial charge < -0.3 is 5.32 Å². The molecule has 3 aromatic rings. The number of rotatable bonds is 6. The molecule has 1 atom stereocenters. The summed E-state index contributed by atoms with van der Waals surface area (Å²) < 4.78 is 1.83. The maximum atomic E-state index is 9.57. The lowest BCUT2D eigenvalue weighted by Gasteiger charge is -2.13. The van der Waals surface area contributed by atoms with E-state index in [9.17, 15) is 5.26 Å². The monoisotopic (exact) mass is 319 g/mol. The summed E-state index contributed by atoms with van der Waals surface area (Å²) in [7, 11) is 0. The summed E-state index contributed by atoms with van der Waals surface area (Å²) >= 11 is 0. The molecule has 1 unspecified atom stereocenters. The van der Waals surface area contributed by atoms with Gasteiger partial charge in [0.1, 0.15) is 5.92 Å². The molecule has 0 aliphatic heterocycles. The van der Waals surface area contributed by atoms with E-state index >= 15 is 0 Å². The molecule has 0 aromatic carbocycles. The highest BCUT2D eigenvalue weighted by molar-refractivity contribution is 5.38. The van der Waals surface area contributed by atoms with E-state index in [0.717, 1.165) is 5.56 Å². The third-order valence-electron chi connectivity index (χ3n) is 3.58. The molecule has 0 saturated carbocycles. The Bertz CT molecular complexity index is 822. The van der Waals surface area contributed by atoms with Crippen LogP contribution < -0.4 is 5.32 Å². The molecule has 24 heavy (non-hydrogen) atoms. The predicted octanol–water partition coefficient (Wildman–Crippen LogP) is 2.14. The molecular formula is C17H17N7. The van der Waals surface area contributed by atoms with Gasteiger partial charge in [-0.2, -0.15) is 10.4 Å². The first-order chi connectivity index (χ1) is 11.8. The van der Waals surface area contributed by atoms with Crippen LogP contribution >= 0.6 is 0 Å². The second kappa shape index (κ2) is 7.33. The van der Waals surface area contributed by atoms with Crippen LogP contribution in [0, 0.1) is 18.3 Å². The van der Waals surface area contributed by atoms with Crippen LogP contribution in [0.5, 0.6) is 0 Å². The van der Waals surface area contributed by atoms with Crippen molar-refractivity contribution in [1.29, 1.82) is 5.26 Å². The van der Waals surface area contributed by atoms with Gasteiger partial charge in [-0.3, -0.25) is 9.67 Å². The minimum absolute atomic E-state index is 0.499. The van der Waals surface area contributed by atoms with Gasteiger partial charge in [0.2, 0.25) is 5.95 Å². The Morgan fingerprint density at radius 3 is 2.88 bits per heavy atom. The molecule has 0 aliphatic rings. The van der Waals surface area contributed by atoms with Crippen molar-refractivity contribution < 1.29 is 0 Å². The van der Waals surface area contributed by atoms with Crippen molar-refractivity contribution in [2.75, 3.05) is 11.9 Å². The number of nitriles is 1. The second-order valence-corrected chi connectivity index (χ2v) is 5.27. The Labute approximate surface area is 140 Å². The Kier molecular flexibility index (Phi) is 4.77. The lowest BCUT2D eigenvalue weighted by atomic mass is 9.99. The van der Waals surface area contributed by atoms with E-state index in [1.165, 1.54) is 0 Å². The van der Waals surface area contributed by atoms with Crippen molar-refractivity contribution in [3.63, 3.8) is 0 Å². The van der Waals surface area contributed by atoms with E-state index in [2.05, 4.69) is 31.4 Å². The Hall–Kier alpha value is -3.27. The lowest BCUT2D eigenvalue weighted by molar-refractivity contribution is 0.635. The van der Waals surface area contributed by atoms with Crippen molar-refractivity contribution in [1.82, 2.24) is 24.7 Å². The van der Waals surface area contributed by atoms with Crippen LogP contribution in [0.15, 0.2) is 49.1 Å². The second-order valence-electron chi connectivity index (χ2n) is 5.27. The molecule has 0 radical (unpaired) electrons. The fourth-order valence-electron chi connectivity index (χ4n) is 2.36. The first-order valence-corrected chi connectivity index (χ1v) is 7.63. The van der Waals surface area contributed by atoms with Crippen molar-refractivity contribution in [2.45, 2.75) is 19.4 Å². The molecule has 0 fully saturated rings. The highest BCUT2D eigenvalue weighted by Gasteiger charge is 2.19. The van der Waals surface area contributed by atoms with Gasteiger partial charge in [0.15, 0.2) is 0 Å². The number of hydrogen-bond donors (Lipinski definition) is 1. The van der Waals surface area contributed by atoms with Gasteiger partial charge in [-0.05, 0) is 30.7 Å². The number of pyridine rings is 1. The van der Waals surface area contributed by atoms with Gasteiger partial charge in [0, 0.05) is 31.3 Å². The molecule has 0 saturated heterocycles. The Morgan fingerprint density at radius 1 is 1.25 bits per heavy atom. The van der Waals surface area contributed by atoms with Gasteiger partial charge in [-0.15, -0.1) is 0 Å². The molecule has 0 aliphatic carbocycles. The smallest absolute Gasteiger partial charge is 0.222 e. The topological polar surface area (TPSA) is 92.3 Å². The minimum atomic E-state index is -0.513. The van der Waals surface area contributed by atoms with E-state index in [1.807, 2.05) is 42.1 Å². The number of anilines is 1. The number of aromatic nitrogens is 5.